The van der Waals surface area contributed by atoms with Crippen LogP contribution in [0.2, 0.25) is 10.0 Å². The van der Waals surface area contributed by atoms with Crippen LogP contribution in [-0.4, -0.2) is 20.9 Å². The van der Waals surface area contributed by atoms with Crippen molar-refractivity contribution in [2.45, 2.75) is 25.7 Å². The van der Waals surface area contributed by atoms with Crippen LogP contribution in [0.3, 0.4) is 0 Å². The van der Waals surface area contributed by atoms with Gasteiger partial charge in [-0.2, -0.15) is 8.42 Å². The van der Waals surface area contributed by atoms with Crippen LogP contribution < -0.4 is 0 Å². The first-order valence-electron chi connectivity index (χ1n) is 5.62. The number of rotatable bonds is 4. The van der Waals surface area contributed by atoms with Crippen LogP contribution in [0.25, 0.3) is 0 Å². The fourth-order valence-electron chi connectivity index (χ4n) is 1.22. The summed E-state index contributed by atoms with van der Waals surface area (Å²) in [6.07, 6.45) is 0. The summed E-state index contributed by atoms with van der Waals surface area (Å²) in [6.45, 7) is 5.80. The molecule has 0 spiro atoms. The quantitative estimate of drug-likeness (QED) is 0.626. The van der Waals surface area contributed by atoms with Crippen LogP contribution in [0, 0.1) is 5.92 Å². The minimum Gasteiger partial charge on any atom is -0.480 e. The van der Waals surface area contributed by atoms with E-state index in [-0.39, 0.29) is 21.7 Å². The summed E-state index contributed by atoms with van der Waals surface area (Å²) in [7, 11) is -3.88. The SMILES string of the molecule is C/C(=N\S(=O)(=O)c1ccc(Cl)cc1Cl)OCC(C)C. The van der Waals surface area contributed by atoms with Gasteiger partial charge in [-0.25, -0.2) is 0 Å². The molecule has 0 aromatic heterocycles. The highest BCUT2D eigenvalue weighted by Crippen LogP contribution is 2.26. The molecule has 0 unspecified atom stereocenters. The second kappa shape index (κ2) is 6.59. The van der Waals surface area contributed by atoms with Gasteiger partial charge in [-0.05, 0) is 24.1 Å². The molecule has 0 aliphatic carbocycles. The van der Waals surface area contributed by atoms with Gasteiger partial charge in [0.2, 0.25) is 0 Å². The molecule has 4 nitrogen and oxygen atoms in total. The van der Waals surface area contributed by atoms with Crippen molar-refractivity contribution < 1.29 is 13.2 Å². The molecule has 1 aromatic rings. The third-order valence-electron chi connectivity index (χ3n) is 2.05. The molecule has 0 atom stereocenters. The van der Waals surface area contributed by atoms with E-state index in [9.17, 15) is 8.42 Å². The van der Waals surface area contributed by atoms with Crippen LogP contribution in [0.5, 0.6) is 0 Å². The van der Waals surface area contributed by atoms with Crippen LogP contribution in [-0.2, 0) is 14.8 Å². The molecule has 106 valence electrons. The van der Waals surface area contributed by atoms with Gasteiger partial charge in [-0.1, -0.05) is 37.0 Å². The first-order valence-corrected chi connectivity index (χ1v) is 7.81. The van der Waals surface area contributed by atoms with Crippen LogP contribution in [0.1, 0.15) is 20.8 Å². The van der Waals surface area contributed by atoms with Crippen molar-refractivity contribution in [2.24, 2.45) is 10.3 Å². The van der Waals surface area contributed by atoms with Gasteiger partial charge in [-0.3, -0.25) is 0 Å². The topological polar surface area (TPSA) is 55.7 Å². The van der Waals surface area contributed by atoms with E-state index in [4.69, 9.17) is 27.9 Å². The summed E-state index contributed by atoms with van der Waals surface area (Å²) in [5.74, 6) is 0.367. The van der Waals surface area contributed by atoms with Crippen molar-refractivity contribution in [2.75, 3.05) is 6.61 Å². The van der Waals surface area contributed by atoms with E-state index in [0.29, 0.717) is 11.6 Å². The van der Waals surface area contributed by atoms with Gasteiger partial charge in [0.25, 0.3) is 10.0 Å². The van der Waals surface area contributed by atoms with E-state index in [1.165, 1.54) is 25.1 Å². The summed E-state index contributed by atoms with van der Waals surface area (Å²) in [4.78, 5) is -0.0916. The lowest BCUT2D eigenvalue weighted by atomic mass is 10.2. The Morgan fingerprint density at radius 3 is 2.53 bits per heavy atom. The summed E-state index contributed by atoms with van der Waals surface area (Å²) in [5.41, 5.74) is 0. The molecule has 1 aromatic carbocycles. The maximum atomic E-state index is 12.0. The van der Waals surface area contributed by atoms with E-state index < -0.39 is 10.0 Å². The van der Waals surface area contributed by atoms with Crippen LogP contribution in [0.4, 0.5) is 0 Å². The molecule has 0 fully saturated rings. The van der Waals surface area contributed by atoms with Gasteiger partial charge in [0.1, 0.15) is 4.90 Å². The first-order chi connectivity index (χ1) is 8.72. The largest absolute Gasteiger partial charge is 0.480 e. The Labute approximate surface area is 123 Å². The predicted molar refractivity (Wildman–Crippen MR) is 77.5 cm³/mol. The molecule has 0 saturated carbocycles. The highest BCUT2D eigenvalue weighted by atomic mass is 35.5. The van der Waals surface area contributed by atoms with Gasteiger partial charge in [-0.15, -0.1) is 4.40 Å². The summed E-state index contributed by atoms with van der Waals surface area (Å²) in [6, 6.07) is 4.12. The monoisotopic (exact) mass is 323 g/mol. The summed E-state index contributed by atoms with van der Waals surface area (Å²) < 4.78 is 32.9. The Morgan fingerprint density at radius 2 is 2.00 bits per heavy atom. The van der Waals surface area contributed by atoms with Crippen molar-refractivity contribution >= 4 is 39.1 Å². The van der Waals surface area contributed by atoms with Crippen LogP contribution in [0.15, 0.2) is 27.5 Å². The Balaban J connectivity index is 3.01. The third kappa shape index (κ3) is 5.01. The lowest BCUT2D eigenvalue weighted by Crippen LogP contribution is -2.09. The molecule has 0 N–H and O–H groups in total. The molecule has 19 heavy (non-hydrogen) atoms. The van der Waals surface area contributed by atoms with Crippen molar-refractivity contribution in [3.8, 4) is 0 Å². The average molecular weight is 324 g/mol. The molecule has 1 rings (SSSR count). The lowest BCUT2D eigenvalue weighted by Gasteiger charge is -2.08. The Morgan fingerprint density at radius 1 is 1.37 bits per heavy atom. The second-order valence-corrected chi connectivity index (χ2v) is 6.78. The summed E-state index contributed by atoms with van der Waals surface area (Å²) >= 11 is 11.6. The molecule has 0 aliphatic heterocycles. The number of ether oxygens (including phenoxy) is 1. The molecular weight excluding hydrogens is 309 g/mol. The molecule has 7 heteroatoms. The smallest absolute Gasteiger partial charge is 0.286 e. The highest BCUT2D eigenvalue weighted by molar-refractivity contribution is 7.90. The van der Waals surface area contributed by atoms with E-state index in [1.807, 2.05) is 13.8 Å². The third-order valence-corrected chi connectivity index (χ3v) is 4.12. The van der Waals surface area contributed by atoms with Crippen molar-refractivity contribution in [3.63, 3.8) is 0 Å². The Hall–Kier alpha value is -0.780. The standard InChI is InChI=1S/C12H15Cl2NO3S/c1-8(2)7-18-9(3)15-19(16,17)12-5-4-10(13)6-11(12)14/h4-6,8H,7H2,1-3H3/b15-9+. The fraction of sp³-hybridized carbons (Fsp3) is 0.417. The van der Waals surface area contributed by atoms with Crippen molar-refractivity contribution in [1.29, 1.82) is 0 Å². The van der Waals surface area contributed by atoms with Gasteiger partial charge >= 0.3 is 0 Å². The van der Waals surface area contributed by atoms with E-state index in [1.54, 1.807) is 0 Å². The number of sulfonamides is 1. The van der Waals surface area contributed by atoms with E-state index >= 15 is 0 Å². The van der Waals surface area contributed by atoms with Crippen molar-refractivity contribution in [1.82, 2.24) is 0 Å². The number of hydrogen-bond donors (Lipinski definition) is 0. The molecule has 0 radical (unpaired) electrons. The predicted octanol–water partition coefficient (Wildman–Crippen LogP) is 3.77. The molecule has 0 heterocycles. The van der Waals surface area contributed by atoms with Gasteiger partial charge in [0.05, 0.1) is 11.6 Å². The zero-order chi connectivity index (χ0) is 14.6. The summed E-state index contributed by atoms with van der Waals surface area (Å²) in [5, 5.41) is 0.397. The van der Waals surface area contributed by atoms with Crippen molar-refractivity contribution in [3.05, 3.63) is 28.2 Å². The molecular formula is C12H15Cl2NO3S. The number of benzene rings is 1. The average Bonchev–Trinajstić information content (AvgIpc) is 2.25. The molecule has 0 amide bonds. The van der Waals surface area contributed by atoms with Gasteiger partial charge < -0.3 is 4.74 Å². The maximum absolute atomic E-state index is 12.0. The minimum absolute atomic E-state index is 0.0351. The van der Waals surface area contributed by atoms with Gasteiger partial charge in [0, 0.05) is 11.9 Å². The number of halogens is 2. The highest BCUT2D eigenvalue weighted by Gasteiger charge is 2.18. The second-order valence-electron chi connectivity index (χ2n) is 4.36. The Bertz CT molecular complexity index is 583. The lowest BCUT2D eigenvalue weighted by molar-refractivity contribution is 0.257. The zero-order valence-corrected chi connectivity index (χ0v) is 13.2. The molecule has 0 saturated heterocycles. The minimum atomic E-state index is -3.88. The molecule has 0 bridgehead atoms. The number of hydrogen-bond acceptors (Lipinski definition) is 3. The van der Waals surface area contributed by atoms with Crippen LogP contribution >= 0.6 is 23.2 Å². The molecule has 0 aliphatic rings. The number of nitrogens with zero attached hydrogens (tertiary/aromatic N) is 1. The van der Waals surface area contributed by atoms with E-state index in [0.717, 1.165) is 0 Å². The van der Waals surface area contributed by atoms with Gasteiger partial charge in [0.15, 0.2) is 5.90 Å². The maximum Gasteiger partial charge on any atom is 0.286 e. The van der Waals surface area contributed by atoms with E-state index in [2.05, 4.69) is 4.40 Å². The normalized spacial score (nSPS) is 12.8. The zero-order valence-electron chi connectivity index (χ0n) is 10.9. The first kappa shape index (κ1) is 16.3. The fourth-order valence-corrected chi connectivity index (χ4v) is 2.95. The Kier molecular flexibility index (Phi) is 5.64.